The van der Waals surface area contributed by atoms with Crippen LogP contribution >= 0.6 is 11.3 Å². The number of nitrogens with zero attached hydrogens (tertiary/aromatic N) is 2. The predicted octanol–water partition coefficient (Wildman–Crippen LogP) is 5.46. The van der Waals surface area contributed by atoms with Crippen molar-refractivity contribution in [2.75, 3.05) is 6.61 Å². The molecule has 4 aromatic rings. The Morgan fingerprint density at radius 2 is 1.76 bits per heavy atom. The van der Waals surface area contributed by atoms with E-state index in [1.165, 1.54) is 16.0 Å². The third-order valence-electron chi connectivity index (χ3n) is 4.37. The molecule has 0 N–H and O–H groups in total. The molecule has 0 fully saturated rings. The Hall–Kier alpha value is -2.59. The van der Waals surface area contributed by atoms with E-state index in [9.17, 15) is 0 Å². The molecule has 126 valence electrons. The standard InChI is InChI=1S/C21H20N2OS/c1-15-7-5-8-16(2)20(15)24-13-12-23-18-10-4-3-9-17(18)22-21(23)19-11-6-14-25-19/h3-11,14H,12-13H2,1-2H3. The van der Waals surface area contributed by atoms with E-state index >= 15 is 0 Å². The Balaban J connectivity index is 1.64. The van der Waals surface area contributed by atoms with Crippen LogP contribution in [0.3, 0.4) is 0 Å². The number of thiophene rings is 1. The smallest absolute Gasteiger partial charge is 0.151 e. The van der Waals surface area contributed by atoms with Gasteiger partial charge in [0, 0.05) is 0 Å². The second-order valence-electron chi connectivity index (χ2n) is 6.12. The van der Waals surface area contributed by atoms with Crippen LogP contribution in [-0.2, 0) is 6.54 Å². The zero-order chi connectivity index (χ0) is 17.2. The number of imidazole rings is 1. The molecule has 0 amide bonds. The van der Waals surface area contributed by atoms with Crippen LogP contribution in [0.15, 0.2) is 60.0 Å². The minimum absolute atomic E-state index is 0.615. The van der Waals surface area contributed by atoms with Crippen LogP contribution in [-0.4, -0.2) is 16.2 Å². The highest BCUT2D eigenvalue weighted by Crippen LogP contribution is 2.28. The van der Waals surface area contributed by atoms with E-state index < -0.39 is 0 Å². The largest absolute Gasteiger partial charge is 0.491 e. The van der Waals surface area contributed by atoms with E-state index in [1.807, 2.05) is 6.07 Å². The molecule has 0 atom stereocenters. The summed E-state index contributed by atoms with van der Waals surface area (Å²) in [5.74, 6) is 2.01. The highest BCUT2D eigenvalue weighted by Gasteiger charge is 2.13. The fraction of sp³-hybridized carbons (Fsp3) is 0.190. The molecule has 0 spiro atoms. The zero-order valence-corrected chi connectivity index (χ0v) is 15.2. The molecule has 0 saturated carbocycles. The summed E-state index contributed by atoms with van der Waals surface area (Å²) in [6, 6.07) is 18.7. The normalized spacial score (nSPS) is 11.1. The van der Waals surface area contributed by atoms with Crippen molar-refractivity contribution in [2.24, 2.45) is 0 Å². The average molecular weight is 348 g/mol. The van der Waals surface area contributed by atoms with E-state index in [1.54, 1.807) is 11.3 Å². The van der Waals surface area contributed by atoms with Crippen molar-refractivity contribution in [1.82, 2.24) is 9.55 Å². The maximum absolute atomic E-state index is 6.12. The van der Waals surface area contributed by atoms with Crippen molar-refractivity contribution in [3.8, 4) is 16.5 Å². The Morgan fingerprint density at radius 1 is 0.960 bits per heavy atom. The molecular formula is C21H20N2OS. The van der Waals surface area contributed by atoms with E-state index in [0.29, 0.717) is 6.61 Å². The topological polar surface area (TPSA) is 27.1 Å². The number of hydrogen-bond donors (Lipinski definition) is 0. The van der Waals surface area contributed by atoms with Gasteiger partial charge in [-0.2, -0.15) is 0 Å². The SMILES string of the molecule is Cc1cccc(C)c1OCCn1c(-c2cccs2)nc2ccccc21. The fourth-order valence-corrected chi connectivity index (χ4v) is 3.88. The van der Waals surface area contributed by atoms with Crippen LogP contribution in [0, 0.1) is 13.8 Å². The van der Waals surface area contributed by atoms with E-state index in [2.05, 4.69) is 72.3 Å². The lowest BCUT2D eigenvalue weighted by Gasteiger charge is -2.13. The van der Waals surface area contributed by atoms with Gasteiger partial charge in [0.15, 0.2) is 5.82 Å². The van der Waals surface area contributed by atoms with Gasteiger partial charge in [-0.15, -0.1) is 11.3 Å². The second kappa shape index (κ2) is 6.73. The summed E-state index contributed by atoms with van der Waals surface area (Å²) < 4.78 is 8.38. The van der Waals surface area contributed by atoms with Crippen molar-refractivity contribution >= 4 is 22.4 Å². The molecule has 4 rings (SSSR count). The first-order chi connectivity index (χ1) is 12.2. The van der Waals surface area contributed by atoms with Crippen LogP contribution in [0.25, 0.3) is 21.7 Å². The first kappa shape index (κ1) is 15.9. The molecule has 0 saturated heterocycles. The minimum atomic E-state index is 0.615. The molecule has 2 aromatic heterocycles. The van der Waals surface area contributed by atoms with Gasteiger partial charge in [-0.3, -0.25) is 0 Å². The lowest BCUT2D eigenvalue weighted by atomic mass is 10.1. The van der Waals surface area contributed by atoms with Crippen molar-refractivity contribution in [3.63, 3.8) is 0 Å². The van der Waals surface area contributed by atoms with Crippen molar-refractivity contribution in [1.29, 1.82) is 0 Å². The van der Waals surface area contributed by atoms with Crippen LogP contribution < -0.4 is 4.74 Å². The molecule has 0 aliphatic heterocycles. The van der Waals surface area contributed by atoms with Crippen molar-refractivity contribution < 1.29 is 4.74 Å². The number of rotatable bonds is 5. The van der Waals surface area contributed by atoms with Crippen LogP contribution in [0.5, 0.6) is 5.75 Å². The van der Waals surface area contributed by atoms with Gasteiger partial charge in [0.05, 0.1) is 22.5 Å². The molecule has 0 bridgehead atoms. The molecule has 2 heterocycles. The fourth-order valence-electron chi connectivity index (χ4n) is 3.16. The van der Waals surface area contributed by atoms with Gasteiger partial charge in [-0.25, -0.2) is 4.98 Å². The number of aryl methyl sites for hydroxylation is 2. The quantitative estimate of drug-likeness (QED) is 0.479. The number of fused-ring (bicyclic) bond motifs is 1. The third-order valence-corrected chi connectivity index (χ3v) is 5.23. The van der Waals surface area contributed by atoms with Crippen molar-refractivity contribution in [3.05, 3.63) is 71.1 Å². The molecule has 2 aromatic carbocycles. The molecule has 25 heavy (non-hydrogen) atoms. The van der Waals surface area contributed by atoms with Gasteiger partial charge in [0.1, 0.15) is 12.4 Å². The average Bonchev–Trinajstić information content (AvgIpc) is 3.25. The van der Waals surface area contributed by atoms with Gasteiger partial charge in [0.2, 0.25) is 0 Å². The number of aromatic nitrogens is 2. The first-order valence-corrected chi connectivity index (χ1v) is 9.30. The van der Waals surface area contributed by atoms with Gasteiger partial charge >= 0.3 is 0 Å². The predicted molar refractivity (Wildman–Crippen MR) is 104 cm³/mol. The summed E-state index contributed by atoms with van der Waals surface area (Å²) in [5, 5.41) is 2.09. The summed E-state index contributed by atoms with van der Waals surface area (Å²) in [6.45, 7) is 5.56. The summed E-state index contributed by atoms with van der Waals surface area (Å²) in [6.07, 6.45) is 0. The van der Waals surface area contributed by atoms with Crippen LogP contribution in [0.2, 0.25) is 0 Å². The Kier molecular flexibility index (Phi) is 4.28. The monoisotopic (exact) mass is 348 g/mol. The maximum atomic E-state index is 6.12. The Labute approximate surface area is 151 Å². The number of para-hydroxylation sites is 3. The van der Waals surface area contributed by atoms with E-state index in [4.69, 9.17) is 9.72 Å². The Morgan fingerprint density at radius 3 is 2.52 bits per heavy atom. The van der Waals surface area contributed by atoms with E-state index in [0.717, 1.165) is 29.2 Å². The molecule has 0 radical (unpaired) electrons. The lowest BCUT2D eigenvalue weighted by Crippen LogP contribution is -2.10. The lowest BCUT2D eigenvalue weighted by molar-refractivity contribution is 0.297. The molecular weight excluding hydrogens is 328 g/mol. The molecule has 0 unspecified atom stereocenters. The van der Waals surface area contributed by atoms with Crippen LogP contribution in [0.1, 0.15) is 11.1 Å². The molecule has 0 aliphatic carbocycles. The van der Waals surface area contributed by atoms with Crippen molar-refractivity contribution in [2.45, 2.75) is 20.4 Å². The second-order valence-corrected chi connectivity index (χ2v) is 7.07. The summed E-state index contributed by atoms with van der Waals surface area (Å²) in [5.41, 5.74) is 4.52. The van der Waals surface area contributed by atoms with Gasteiger partial charge in [-0.1, -0.05) is 36.4 Å². The van der Waals surface area contributed by atoms with Crippen LogP contribution in [0.4, 0.5) is 0 Å². The minimum Gasteiger partial charge on any atom is -0.491 e. The maximum Gasteiger partial charge on any atom is 0.151 e. The summed E-state index contributed by atoms with van der Waals surface area (Å²) in [7, 11) is 0. The molecule has 3 nitrogen and oxygen atoms in total. The Bertz CT molecular complexity index is 982. The van der Waals surface area contributed by atoms with Gasteiger partial charge < -0.3 is 9.30 Å². The van der Waals surface area contributed by atoms with Gasteiger partial charge in [-0.05, 0) is 48.6 Å². The summed E-state index contributed by atoms with van der Waals surface area (Å²) in [4.78, 5) is 6.02. The zero-order valence-electron chi connectivity index (χ0n) is 14.4. The number of hydrogen-bond acceptors (Lipinski definition) is 3. The van der Waals surface area contributed by atoms with E-state index in [-0.39, 0.29) is 0 Å². The number of benzene rings is 2. The molecule has 0 aliphatic rings. The third kappa shape index (κ3) is 3.05. The summed E-state index contributed by atoms with van der Waals surface area (Å²) >= 11 is 1.72. The first-order valence-electron chi connectivity index (χ1n) is 8.42. The molecule has 4 heteroatoms. The number of ether oxygens (including phenoxy) is 1. The van der Waals surface area contributed by atoms with Gasteiger partial charge in [0.25, 0.3) is 0 Å². The highest BCUT2D eigenvalue weighted by atomic mass is 32.1. The highest BCUT2D eigenvalue weighted by molar-refractivity contribution is 7.13.